The Hall–Kier alpha value is -7.22. The lowest BCUT2D eigenvalue weighted by Gasteiger charge is -2.34. The largest absolute Gasteiger partial charge is 0.456 e. The first kappa shape index (κ1) is 31.2. The Labute approximate surface area is 324 Å². The van der Waals surface area contributed by atoms with Crippen molar-refractivity contribution in [2.24, 2.45) is 0 Å². The molecule has 11 aromatic rings. The molecule has 1 nitrogen and oxygen atoms in total. The summed E-state index contributed by atoms with van der Waals surface area (Å²) in [7, 11) is 0. The average molecular weight is 711 g/mol. The number of hydrogen-bond acceptors (Lipinski definition) is 1. The molecule has 1 aliphatic carbocycles. The molecule has 1 heteroatoms. The van der Waals surface area contributed by atoms with Crippen molar-refractivity contribution >= 4 is 54.3 Å². The van der Waals surface area contributed by atoms with E-state index in [4.69, 9.17) is 4.42 Å². The molecule has 1 aliphatic rings. The second-order valence-electron chi connectivity index (χ2n) is 15.2. The lowest BCUT2D eigenvalue weighted by atomic mass is 9.67. The van der Waals surface area contributed by atoms with Crippen LogP contribution in [0.3, 0.4) is 0 Å². The van der Waals surface area contributed by atoms with E-state index < -0.39 is 5.41 Å². The molecule has 0 saturated heterocycles. The van der Waals surface area contributed by atoms with E-state index in [1.165, 1.54) is 82.4 Å². The van der Waals surface area contributed by atoms with Crippen molar-refractivity contribution in [1.82, 2.24) is 0 Å². The van der Waals surface area contributed by atoms with Gasteiger partial charge in [0.05, 0.1) is 5.41 Å². The van der Waals surface area contributed by atoms with Crippen LogP contribution in [0.25, 0.3) is 87.6 Å². The number of benzene rings is 10. The highest BCUT2D eigenvalue weighted by molar-refractivity contribution is 6.16. The summed E-state index contributed by atoms with van der Waals surface area (Å²) in [6.45, 7) is 0. The van der Waals surface area contributed by atoms with E-state index in [1.807, 2.05) is 0 Å². The summed E-state index contributed by atoms with van der Waals surface area (Å²) in [6, 6.07) is 76.1. The quantitative estimate of drug-likeness (QED) is 0.177. The van der Waals surface area contributed by atoms with Gasteiger partial charge in [0.2, 0.25) is 0 Å². The van der Waals surface area contributed by atoms with Crippen molar-refractivity contribution in [1.29, 1.82) is 0 Å². The van der Waals surface area contributed by atoms with Crippen LogP contribution in [0, 0.1) is 0 Å². The van der Waals surface area contributed by atoms with E-state index in [0.29, 0.717) is 0 Å². The van der Waals surface area contributed by atoms with Crippen LogP contribution in [0.2, 0.25) is 0 Å². The van der Waals surface area contributed by atoms with E-state index in [2.05, 4.69) is 206 Å². The molecule has 0 aliphatic heterocycles. The molecule has 10 aromatic carbocycles. The highest BCUT2D eigenvalue weighted by Gasteiger charge is 2.47. The molecule has 0 unspecified atom stereocenters. The van der Waals surface area contributed by atoms with Crippen molar-refractivity contribution in [3.8, 4) is 33.4 Å². The standard InChI is InChI=1S/C55H34O/c1-3-21-41(22-4-1)55(42-23-5-2-6-24-42)49-32-38-18-9-7-16-36(38)29-47(49)53-46(45-27-13-20-35-15-11-12-25-43(35)45)31-40(33-50(53)55)44-26-14-28-51-54(44)48-30-37-17-8-10-19-39(37)34-52(48)56-51/h1-34H. The van der Waals surface area contributed by atoms with Gasteiger partial charge in [-0.25, -0.2) is 0 Å². The summed E-state index contributed by atoms with van der Waals surface area (Å²) in [5.41, 5.74) is 13.7. The van der Waals surface area contributed by atoms with Crippen LogP contribution in [0.5, 0.6) is 0 Å². The summed E-state index contributed by atoms with van der Waals surface area (Å²) >= 11 is 0. The minimum Gasteiger partial charge on any atom is -0.456 e. The van der Waals surface area contributed by atoms with E-state index >= 15 is 0 Å². The molecule has 56 heavy (non-hydrogen) atoms. The molecule has 0 amide bonds. The van der Waals surface area contributed by atoms with Gasteiger partial charge in [0.15, 0.2) is 0 Å². The van der Waals surface area contributed by atoms with Gasteiger partial charge >= 0.3 is 0 Å². The highest BCUT2D eigenvalue weighted by atomic mass is 16.3. The molecule has 0 saturated carbocycles. The van der Waals surface area contributed by atoms with Crippen molar-refractivity contribution in [3.05, 3.63) is 229 Å². The SMILES string of the molecule is c1ccc(C2(c3ccccc3)c3cc4ccccc4cc3-c3c(-c4cccc5ccccc45)cc(-c4cccc5oc6cc7ccccc7cc6c45)cc32)cc1. The zero-order valence-corrected chi connectivity index (χ0v) is 30.5. The molecule has 12 rings (SSSR count). The van der Waals surface area contributed by atoms with Gasteiger partial charge in [-0.05, 0) is 130 Å². The summed E-state index contributed by atoms with van der Waals surface area (Å²) < 4.78 is 6.66. The fourth-order valence-corrected chi connectivity index (χ4v) is 9.88. The molecule has 0 fully saturated rings. The average Bonchev–Trinajstić information content (AvgIpc) is 3.77. The van der Waals surface area contributed by atoms with Gasteiger partial charge in [0, 0.05) is 10.8 Å². The van der Waals surface area contributed by atoms with E-state index in [-0.39, 0.29) is 0 Å². The van der Waals surface area contributed by atoms with Gasteiger partial charge < -0.3 is 4.42 Å². The molecule has 0 bridgehead atoms. The fraction of sp³-hybridized carbons (Fsp3) is 0.0182. The Balaban J connectivity index is 1.28. The fourth-order valence-electron chi connectivity index (χ4n) is 9.88. The van der Waals surface area contributed by atoms with Crippen molar-refractivity contribution in [2.75, 3.05) is 0 Å². The van der Waals surface area contributed by atoms with Crippen molar-refractivity contribution in [3.63, 3.8) is 0 Å². The van der Waals surface area contributed by atoms with Crippen LogP contribution in [-0.4, -0.2) is 0 Å². The third-order valence-electron chi connectivity index (χ3n) is 12.3. The van der Waals surface area contributed by atoms with Crippen LogP contribution < -0.4 is 0 Å². The number of furan rings is 1. The third-order valence-corrected chi connectivity index (χ3v) is 12.3. The molecule has 0 spiro atoms. The summed E-state index contributed by atoms with van der Waals surface area (Å²) in [4.78, 5) is 0. The topological polar surface area (TPSA) is 13.1 Å². The minimum absolute atomic E-state index is 0.588. The Morgan fingerprint density at radius 3 is 1.62 bits per heavy atom. The normalized spacial score (nSPS) is 13.1. The van der Waals surface area contributed by atoms with Gasteiger partial charge in [0.1, 0.15) is 11.2 Å². The van der Waals surface area contributed by atoms with Gasteiger partial charge in [-0.3, -0.25) is 0 Å². The number of hydrogen-bond donors (Lipinski definition) is 0. The van der Waals surface area contributed by atoms with Gasteiger partial charge in [0.25, 0.3) is 0 Å². The Kier molecular flexibility index (Phi) is 6.62. The van der Waals surface area contributed by atoms with Crippen LogP contribution in [0.4, 0.5) is 0 Å². The minimum atomic E-state index is -0.588. The molecule has 1 aromatic heterocycles. The van der Waals surface area contributed by atoms with Crippen LogP contribution >= 0.6 is 0 Å². The zero-order valence-electron chi connectivity index (χ0n) is 30.5. The van der Waals surface area contributed by atoms with E-state index in [0.717, 1.165) is 27.5 Å². The second kappa shape index (κ2) is 11.9. The maximum absolute atomic E-state index is 6.66. The second-order valence-corrected chi connectivity index (χ2v) is 15.2. The summed E-state index contributed by atoms with van der Waals surface area (Å²) in [5, 5.41) is 9.61. The first-order valence-corrected chi connectivity index (χ1v) is 19.4. The predicted molar refractivity (Wildman–Crippen MR) is 234 cm³/mol. The van der Waals surface area contributed by atoms with Gasteiger partial charge in [-0.2, -0.15) is 0 Å². The monoisotopic (exact) mass is 710 g/mol. The maximum Gasteiger partial charge on any atom is 0.136 e. The molecule has 260 valence electrons. The van der Waals surface area contributed by atoms with E-state index in [9.17, 15) is 0 Å². The zero-order chi connectivity index (χ0) is 36.8. The first-order valence-electron chi connectivity index (χ1n) is 19.4. The van der Waals surface area contributed by atoms with Crippen LogP contribution in [-0.2, 0) is 5.41 Å². The van der Waals surface area contributed by atoms with Crippen LogP contribution in [0.1, 0.15) is 22.3 Å². The Morgan fingerprint density at radius 1 is 0.321 bits per heavy atom. The molecular weight excluding hydrogens is 677 g/mol. The molecule has 0 radical (unpaired) electrons. The van der Waals surface area contributed by atoms with Gasteiger partial charge in [-0.15, -0.1) is 0 Å². The lowest BCUT2D eigenvalue weighted by molar-refractivity contribution is 0.669. The van der Waals surface area contributed by atoms with E-state index in [1.54, 1.807) is 0 Å². The van der Waals surface area contributed by atoms with Gasteiger partial charge in [-0.1, -0.05) is 164 Å². The smallest absolute Gasteiger partial charge is 0.136 e. The third kappa shape index (κ3) is 4.37. The number of fused-ring (bicyclic) bond motifs is 9. The van der Waals surface area contributed by atoms with Crippen LogP contribution in [0.15, 0.2) is 211 Å². The molecule has 0 atom stereocenters. The molecular formula is C55H34O. The Bertz CT molecular complexity index is 3310. The highest BCUT2D eigenvalue weighted by Crippen LogP contribution is 2.60. The number of rotatable bonds is 4. The lowest BCUT2D eigenvalue weighted by Crippen LogP contribution is -2.28. The molecule has 0 N–H and O–H groups in total. The summed E-state index contributed by atoms with van der Waals surface area (Å²) in [5.74, 6) is 0. The summed E-state index contributed by atoms with van der Waals surface area (Å²) in [6.07, 6.45) is 0. The first-order chi connectivity index (χ1) is 27.8. The predicted octanol–water partition coefficient (Wildman–Crippen LogP) is 14.7. The van der Waals surface area contributed by atoms with Crippen molar-refractivity contribution < 1.29 is 4.42 Å². The maximum atomic E-state index is 6.66. The van der Waals surface area contributed by atoms with Crippen molar-refractivity contribution in [2.45, 2.75) is 5.41 Å². The molecule has 1 heterocycles. The Morgan fingerprint density at radius 2 is 0.893 bits per heavy atom.